The first-order chi connectivity index (χ1) is 9.76. The van der Waals surface area contributed by atoms with Gasteiger partial charge in [-0.25, -0.2) is 4.68 Å². The van der Waals surface area contributed by atoms with E-state index in [1.807, 2.05) is 0 Å². The van der Waals surface area contributed by atoms with Gasteiger partial charge in [-0.05, 0) is 48.0 Å². The third-order valence-electron chi connectivity index (χ3n) is 4.69. The minimum Gasteiger partial charge on any atom is -0.376 e. The summed E-state index contributed by atoms with van der Waals surface area (Å²) < 4.78 is 9.26. The lowest BCUT2D eigenvalue weighted by Gasteiger charge is -2.29. The van der Waals surface area contributed by atoms with E-state index in [1.165, 1.54) is 18.5 Å². The van der Waals surface area contributed by atoms with Crippen LogP contribution >= 0.6 is 15.9 Å². The molecule has 2 aliphatic heterocycles. The fourth-order valence-corrected chi connectivity index (χ4v) is 4.20. The molecule has 1 aromatic heterocycles. The van der Waals surface area contributed by atoms with Gasteiger partial charge in [0, 0.05) is 19.1 Å². The molecule has 0 bridgehead atoms. The molecule has 0 aliphatic carbocycles. The Morgan fingerprint density at radius 3 is 2.85 bits per heavy atom. The number of hydrogen-bond donors (Lipinski definition) is 1. The first-order valence-corrected chi connectivity index (χ1v) is 8.68. The standard InChI is InChI=1S/C15H24BrN3O/c1-3-10(4-2)14-13(16)15-17-8-7-11(19(15)18-14)12-6-5-9-20-12/h10-12,17H,3-9H2,1-2H3. The lowest BCUT2D eigenvalue weighted by atomic mass is 10.00. The second-order valence-electron chi connectivity index (χ2n) is 5.84. The fraction of sp³-hybridized carbons (Fsp3) is 0.800. The number of nitrogens with one attached hydrogen (secondary N) is 1. The summed E-state index contributed by atoms with van der Waals surface area (Å²) in [6, 6.07) is 0.396. The number of halogens is 1. The van der Waals surface area contributed by atoms with Gasteiger partial charge >= 0.3 is 0 Å². The van der Waals surface area contributed by atoms with Crippen LogP contribution in [0, 0.1) is 0 Å². The van der Waals surface area contributed by atoms with Crippen molar-refractivity contribution in [2.45, 2.75) is 64.0 Å². The second kappa shape index (κ2) is 6.06. The maximum Gasteiger partial charge on any atom is 0.139 e. The molecule has 1 N–H and O–H groups in total. The topological polar surface area (TPSA) is 39.1 Å². The number of ether oxygens (including phenoxy) is 1. The Morgan fingerprint density at radius 2 is 2.20 bits per heavy atom. The normalized spacial score (nSPS) is 25.8. The fourth-order valence-electron chi connectivity index (χ4n) is 3.48. The Morgan fingerprint density at radius 1 is 1.40 bits per heavy atom. The predicted molar refractivity (Wildman–Crippen MR) is 84.4 cm³/mol. The van der Waals surface area contributed by atoms with Gasteiger partial charge in [0.05, 0.1) is 22.3 Å². The molecule has 0 aromatic carbocycles. The number of fused-ring (bicyclic) bond motifs is 1. The molecule has 20 heavy (non-hydrogen) atoms. The van der Waals surface area contributed by atoms with Crippen molar-refractivity contribution in [2.75, 3.05) is 18.5 Å². The van der Waals surface area contributed by atoms with Crippen molar-refractivity contribution >= 4 is 21.7 Å². The molecule has 0 radical (unpaired) electrons. The zero-order valence-electron chi connectivity index (χ0n) is 12.4. The Bertz CT molecular complexity index is 464. The van der Waals surface area contributed by atoms with E-state index in [9.17, 15) is 0 Å². The largest absolute Gasteiger partial charge is 0.376 e. The van der Waals surface area contributed by atoms with E-state index < -0.39 is 0 Å². The Balaban J connectivity index is 1.94. The molecule has 1 fully saturated rings. The van der Waals surface area contributed by atoms with Gasteiger partial charge < -0.3 is 10.1 Å². The minimum absolute atomic E-state index is 0.345. The molecule has 112 valence electrons. The van der Waals surface area contributed by atoms with Crippen LogP contribution < -0.4 is 5.32 Å². The highest BCUT2D eigenvalue weighted by molar-refractivity contribution is 9.10. The number of nitrogens with zero attached hydrogens (tertiary/aromatic N) is 2. The molecule has 1 saturated heterocycles. The van der Waals surface area contributed by atoms with Gasteiger partial charge in [-0.3, -0.25) is 0 Å². The number of anilines is 1. The summed E-state index contributed by atoms with van der Waals surface area (Å²) in [6.07, 6.45) is 6.07. The van der Waals surface area contributed by atoms with Crippen molar-refractivity contribution in [3.05, 3.63) is 10.2 Å². The molecular weight excluding hydrogens is 318 g/mol. The van der Waals surface area contributed by atoms with Crippen LogP contribution in [-0.4, -0.2) is 29.0 Å². The van der Waals surface area contributed by atoms with Gasteiger partial charge in [0.2, 0.25) is 0 Å². The highest BCUT2D eigenvalue weighted by atomic mass is 79.9. The van der Waals surface area contributed by atoms with E-state index >= 15 is 0 Å². The summed E-state index contributed by atoms with van der Waals surface area (Å²) in [7, 11) is 0. The lowest BCUT2D eigenvalue weighted by molar-refractivity contribution is 0.0589. The molecule has 2 unspecified atom stereocenters. The van der Waals surface area contributed by atoms with Crippen molar-refractivity contribution in [3.63, 3.8) is 0 Å². The van der Waals surface area contributed by atoms with Crippen molar-refractivity contribution in [3.8, 4) is 0 Å². The number of hydrogen-bond acceptors (Lipinski definition) is 3. The highest BCUT2D eigenvalue weighted by Crippen LogP contribution is 2.40. The van der Waals surface area contributed by atoms with Gasteiger partial charge in [-0.15, -0.1) is 0 Å². The van der Waals surface area contributed by atoms with Crippen LogP contribution in [0.15, 0.2) is 4.47 Å². The summed E-state index contributed by atoms with van der Waals surface area (Å²) in [4.78, 5) is 0. The minimum atomic E-state index is 0.345. The molecule has 4 nitrogen and oxygen atoms in total. The van der Waals surface area contributed by atoms with Crippen LogP contribution in [0.2, 0.25) is 0 Å². The van der Waals surface area contributed by atoms with E-state index in [-0.39, 0.29) is 0 Å². The van der Waals surface area contributed by atoms with Crippen molar-refractivity contribution < 1.29 is 4.74 Å². The van der Waals surface area contributed by atoms with E-state index in [2.05, 4.69) is 39.8 Å². The van der Waals surface area contributed by atoms with Crippen LogP contribution in [0.1, 0.15) is 63.6 Å². The van der Waals surface area contributed by atoms with Crippen LogP contribution in [0.5, 0.6) is 0 Å². The Kier molecular flexibility index (Phi) is 4.36. The first-order valence-electron chi connectivity index (χ1n) is 7.89. The zero-order valence-corrected chi connectivity index (χ0v) is 13.9. The van der Waals surface area contributed by atoms with E-state index in [4.69, 9.17) is 9.84 Å². The van der Waals surface area contributed by atoms with Crippen LogP contribution in [0.3, 0.4) is 0 Å². The molecule has 2 atom stereocenters. The van der Waals surface area contributed by atoms with Gasteiger partial charge in [0.1, 0.15) is 5.82 Å². The first kappa shape index (κ1) is 14.4. The average molecular weight is 342 g/mol. The van der Waals surface area contributed by atoms with Crippen LogP contribution in [0.4, 0.5) is 5.82 Å². The number of rotatable bonds is 4. The predicted octanol–water partition coefficient (Wildman–Crippen LogP) is 4.08. The Labute approximate surface area is 129 Å². The second-order valence-corrected chi connectivity index (χ2v) is 6.63. The lowest BCUT2D eigenvalue weighted by Crippen LogP contribution is -2.32. The summed E-state index contributed by atoms with van der Waals surface area (Å²) in [5.74, 6) is 1.69. The SMILES string of the molecule is CCC(CC)c1nn2c(c1Br)NCCC2C1CCCO1. The van der Waals surface area contributed by atoms with Gasteiger partial charge in [0.15, 0.2) is 0 Å². The van der Waals surface area contributed by atoms with Crippen molar-refractivity contribution in [1.82, 2.24) is 9.78 Å². The summed E-state index contributed by atoms with van der Waals surface area (Å²) >= 11 is 3.77. The van der Waals surface area contributed by atoms with Crippen molar-refractivity contribution in [1.29, 1.82) is 0 Å². The smallest absolute Gasteiger partial charge is 0.139 e. The molecule has 5 heteroatoms. The van der Waals surface area contributed by atoms with Gasteiger partial charge in [-0.1, -0.05) is 13.8 Å². The Hall–Kier alpha value is -0.550. The van der Waals surface area contributed by atoms with E-state index in [0.29, 0.717) is 18.1 Å². The van der Waals surface area contributed by atoms with E-state index in [0.717, 1.165) is 42.7 Å². The molecular formula is C15H24BrN3O. The highest BCUT2D eigenvalue weighted by Gasteiger charge is 2.34. The summed E-state index contributed by atoms with van der Waals surface area (Å²) in [5, 5.41) is 8.45. The molecule has 0 spiro atoms. The van der Waals surface area contributed by atoms with Crippen molar-refractivity contribution in [2.24, 2.45) is 0 Å². The summed E-state index contributed by atoms with van der Waals surface area (Å²) in [5.41, 5.74) is 1.21. The summed E-state index contributed by atoms with van der Waals surface area (Å²) in [6.45, 7) is 6.40. The number of aromatic nitrogens is 2. The van der Waals surface area contributed by atoms with Gasteiger partial charge in [0.25, 0.3) is 0 Å². The van der Waals surface area contributed by atoms with Crippen LogP contribution in [0.25, 0.3) is 0 Å². The van der Waals surface area contributed by atoms with E-state index in [1.54, 1.807) is 0 Å². The maximum atomic E-state index is 5.91. The molecule has 3 rings (SSSR count). The quantitative estimate of drug-likeness (QED) is 0.896. The third-order valence-corrected chi connectivity index (χ3v) is 5.47. The molecule has 0 amide bonds. The molecule has 2 aliphatic rings. The molecule has 1 aromatic rings. The molecule has 3 heterocycles. The van der Waals surface area contributed by atoms with Gasteiger partial charge in [-0.2, -0.15) is 5.10 Å². The average Bonchev–Trinajstić information content (AvgIpc) is 3.10. The third kappa shape index (κ3) is 2.39. The monoisotopic (exact) mass is 341 g/mol. The maximum absolute atomic E-state index is 5.91. The van der Waals surface area contributed by atoms with Crippen LogP contribution in [-0.2, 0) is 4.74 Å². The zero-order chi connectivity index (χ0) is 14.1. The molecule has 0 saturated carbocycles.